The third-order valence-electron chi connectivity index (χ3n) is 1.94. The van der Waals surface area contributed by atoms with Crippen LogP contribution in [-0.4, -0.2) is 12.8 Å². The summed E-state index contributed by atoms with van der Waals surface area (Å²) < 4.78 is 0. The highest BCUT2D eigenvalue weighted by molar-refractivity contribution is 5.78. The van der Waals surface area contributed by atoms with Gasteiger partial charge in [0.25, 0.3) is 0 Å². The highest BCUT2D eigenvalue weighted by atomic mass is 14.7. The molecule has 0 aliphatic heterocycles. The van der Waals surface area contributed by atoms with Crippen molar-refractivity contribution in [3.63, 3.8) is 0 Å². The molecule has 0 N–H and O–H groups in total. The average molecular weight is 151 g/mol. The molecule has 0 atom stereocenters. The molecule has 62 valence electrons. The minimum Gasteiger partial charge on any atom is -0.293 e. The first-order chi connectivity index (χ1) is 5.43. The van der Waals surface area contributed by atoms with Crippen molar-refractivity contribution in [1.29, 1.82) is 0 Å². The molecule has 0 fully saturated rings. The normalized spacial score (nSPS) is 18.8. The number of rotatable bonds is 3. The van der Waals surface area contributed by atoms with Crippen molar-refractivity contribution in [2.75, 3.05) is 6.54 Å². The Morgan fingerprint density at radius 2 is 2.45 bits per heavy atom. The number of hydrogen-bond acceptors (Lipinski definition) is 1. The van der Waals surface area contributed by atoms with Crippen molar-refractivity contribution in [2.45, 2.75) is 39.0 Å². The van der Waals surface area contributed by atoms with E-state index in [1.807, 2.05) is 0 Å². The summed E-state index contributed by atoms with van der Waals surface area (Å²) in [5.74, 6) is 0. The largest absolute Gasteiger partial charge is 0.293 e. The number of aliphatic imine (C=N–C) groups is 1. The quantitative estimate of drug-likeness (QED) is 0.550. The first-order valence-corrected chi connectivity index (χ1v) is 4.62. The summed E-state index contributed by atoms with van der Waals surface area (Å²) in [6.45, 7) is 3.14. The van der Waals surface area contributed by atoms with E-state index >= 15 is 0 Å². The topological polar surface area (TPSA) is 12.4 Å². The molecule has 0 saturated carbocycles. The number of allylic oxidation sites excluding steroid dienone is 2. The Labute approximate surface area is 69.2 Å². The fourth-order valence-corrected chi connectivity index (χ4v) is 1.29. The molecule has 0 heterocycles. The molecule has 0 unspecified atom stereocenters. The standard InChI is InChI=1S/C10H17N/c1-2-8-11-9-10-6-4-3-5-7-10/h6,9H,2-5,7-8H2,1H3. The van der Waals surface area contributed by atoms with Crippen molar-refractivity contribution in [3.8, 4) is 0 Å². The highest BCUT2D eigenvalue weighted by Gasteiger charge is 1.99. The summed E-state index contributed by atoms with van der Waals surface area (Å²) in [4.78, 5) is 4.32. The molecular weight excluding hydrogens is 134 g/mol. The Morgan fingerprint density at radius 3 is 3.09 bits per heavy atom. The molecule has 1 aliphatic carbocycles. The van der Waals surface area contributed by atoms with Gasteiger partial charge in [0.1, 0.15) is 0 Å². The van der Waals surface area contributed by atoms with E-state index < -0.39 is 0 Å². The smallest absolute Gasteiger partial charge is 0.0386 e. The van der Waals surface area contributed by atoms with E-state index in [4.69, 9.17) is 0 Å². The van der Waals surface area contributed by atoms with Gasteiger partial charge < -0.3 is 0 Å². The Hall–Kier alpha value is -0.590. The molecule has 1 nitrogen and oxygen atoms in total. The number of hydrogen-bond donors (Lipinski definition) is 0. The van der Waals surface area contributed by atoms with E-state index in [0.717, 1.165) is 13.0 Å². The zero-order valence-electron chi connectivity index (χ0n) is 7.34. The first kappa shape index (κ1) is 8.51. The maximum absolute atomic E-state index is 4.32. The molecule has 0 aromatic rings. The molecule has 0 amide bonds. The second kappa shape index (κ2) is 5.11. The van der Waals surface area contributed by atoms with Gasteiger partial charge in [-0.1, -0.05) is 13.0 Å². The maximum atomic E-state index is 4.32. The molecular formula is C10H17N. The van der Waals surface area contributed by atoms with E-state index in [1.54, 1.807) is 0 Å². The summed E-state index contributed by atoms with van der Waals surface area (Å²) in [6, 6.07) is 0. The fraction of sp³-hybridized carbons (Fsp3) is 0.700. The van der Waals surface area contributed by atoms with E-state index in [-0.39, 0.29) is 0 Å². The van der Waals surface area contributed by atoms with Gasteiger partial charge in [0, 0.05) is 12.8 Å². The van der Waals surface area contributed by atoms with Crippen molar-refractivity contribution in [2.24, 2.45) is 4.99 Å². The van der Waals surface area contributed by atoms with Crippen LogP contribution in [0.15, 0.2) is 16.6 Å². The van der Waals surface area contributed by atoms with Crippen LogP contribution in [0.4, 0.5) is 0 Å². The van der Waals surface area contributed by atoms with Crippen LogP contribution in [0.3, 0.4) is 0 Å². The third kappa shape index (κ3) is 3.35. The van der Waals surface area contributed by atoms with Gasteiger partial charge in [-0.25, -0.2) is 0 Å². The summed E-state index contributed by atoms with van der Waals surface area (Å²) in [7, 11) is 0. The van der Waals surface area contributed by atoms with Gasteiger partial charge in [-0.15, -0.1) is 0 Å². The fourth-order valence-electron chi connectivity index (χ4n) is 1.29. The molecule has 0 radical (unpaired) electrons. The van der Waals surface area contributed by atoms with E-state index in [0.29, 0.717) is 0 Å². The van der Waals surface area contributed by atoms with E-state index in [9.17, 15) is 0 Å². The summed E-state index contributed by atoms with van der Waals surface area (Å²) in [5, 5.41) is 0. The summed E-state index contributed by atoms with van der Waals surface area (Å²) in [6.07, 6.45) is 10.8. The van der Waals surface area contributed by atoms with Crippen LogP contribution in [0.5, 0.6) is 0 Å². The van der Waals surface area contributed by atoms with Gasteiger partial charge in [-0.05, 0) is 37.7 Å². The van der Waals surface area contributed by atoms with Crippen LogP contribution in [0.2, 0.25) is 0 Å². The van der Waals surface area contributed by atoms with Crippen molar-refractivity contribution >= 4 is 6.21 Å². The van der Waals surface area contributed by atoms with Crippen LogP contribution in [0.25, 0.3) is 0 Å². The minimum atomic E-state index is 0.983. The monoisotopic (exact) mass is 151 g/mol. The Morgan fingerprint density at radius 1 is 1.55 bits per heavy atom. The second-order valence-electron chi connectivity index (χ2n) is 3.06. The van der Waals surface area contributed by atoms with Gasteiger partial charge in [0.2, 0.25) is 0 Å². The molecule has 0 aromatic carbocycles. The van der Waals surface area contributed by atoms with Crippen LogP contribution >= 0.6 is 0 Å². The predicted molar refractivity (Wildman–Crippen MR) is 50.2 cm³/mol. The number of nitrogens with zero attached hydrogens (tertiary/aromatic N) is 1. The van der Waals surface area contributed by atoms with Gasteiger partial charge in [-0.3, -0.25) is 4.99 Å². The molecule has 1 aliphatic rings. The van der Waals surface area contributed by atoms with Crippen LogP contribution in [-0.2, 0) is 0 Å². The average Bonchev–Trinajstić information content (AvgIpc) is 2.07. The van der Waals surface area contributed by atoms with Crippen molar-refractivity contribution in [1.82, 2.24) is 0 Å². The van der Waals surface area contributed by atoms with E-state index in [2.05, 4.69) is 24.2 Å². The van der Waals surface area contributed by atoms with Crippen LogP contribution in [0, 0.1) is 0 Å². The Balaban J connectivity index is 2.29. The van der Waals surface area contributed by atoms with Crippen molar-refractivity contribution < 1.29 is 0 Å². The van der Waals surface area contributed by atoms with Gasteiger partial charge in [0.05, 0.1) is 0 Å². The van der Waals surface area contributed by atoms with Gasteiger partial charge in [-0.2, -0.15) is 0 Å². The zero-order valence-corrected chi connectivity index (χ0v) is 7.34. The molecule has 1 heteroatoms. The Bertz CT molecular complexity index is 156. The summed E-state index contributed by atoms with van der Waals surface area (Å²) in [5.41, 5.74) is 1.45. The van der Waals surface area contributed by atoms with Crippen LogP contribution in [0.1, 0.15) is 39.0 Å². The lowest BCUT2D eigenvalue weighted by Gasteiger charge is -2.06. The Kier molecular flexibility index (Phi) is 3.95. The van der Waals surface area contributed by atoms with Gasteiger partial charge >= 0.3 is 0 Å². The first-order valence-electron chi connectivity index (χ1n) is 4.62. The van der Waals surface area contributed by atoms with Gasteiger partial charge in [0.15, 0.2) is 0 Å². The minimum absolute atomic E-state index is 0.983. The third-order valence-corrected chi connectivity index (χ3v) is 1.94. The lowest BCUT2D eigenvalue weighted by Crippen LogP contribution is -1.93. The predicted octanol–water partition coefficient (Wildman–Crippen LogP) is 2.97. The molecule has 0 aromatic heterocycles. The lowest BCUT2D eigenvalue weighted by atomic mass is 10.0. The molecule has 0 saturated heterocycles. The second-order valence-corrected chi connectivity index (χ2v) is 3.06. The van der Waals surface area contributed by atoms with E-state index in [1.165, 1.54) is 31.3 Å². The molecule has 11 heavy (non-hydrogen) atoms. The summed E-state index contributed by atoms with van der Waals surface area (Å²) >= 11 is 0. The molecule has 0 bridgehead atoms. The molecule has 1 rings (SSSR count). The van der Waals surface area contributed by atoms with Crippen LogP contribution < -0.4 is 0 Å². The SMILES string of the molecule is CCCN=CC1=CCCCC1. The zero-order chi connectivity index (χ0) is 7.94. The maximum Gasteiger partial charge on any atom is 0.0386 e. The highest BCUT2D eigenvalue weighted by Crippen LogP contribution is 2.15. The lowest BCUT2D eigenvalue weighted by molar-refractivity contribution is 0.718. The molecule has 0 spiro atoms. The van der Waals surface area contributed by atoms with Crippen molar-refractivity contribution in [3.05, 3.63) is 11.6 Å².